The maximum Gasteiger partial charge on any atom is 0.417 e. The van der Waals surface area contributed by atoms with Gasteiger partial charge in [-0.15, -0.1) is 0 Å². The average Bonchev–Trinajstić information content (AvgIpc) is 3.22. The zero-order valence-electron chi connectivity index (χ0n) is 19.9. The monoisotopic (exact) mass is 557 g/mol. The lowest BCUT2D eigenvalue weighted by molar-refractivity contribution is -0.137. The molecule has 0 bridgehead atoms. The van der Waals surface area contributed by atoms with E-state index >= 15 is 0 Å². The van der Waals surface area contributed by atoms with Crippen LogP contribution in [0.25, 0.3) is 11.3 Å². The minimum atomic E-state index is -4.59. The molecule has 0 saturated carbocycles. The first-order chi connectivity index (χ1) is 17.4. The third-order valence-corrected chi connectivity index (χ3v) is 8.07. The fourth-order valence-electron chi connectivity index (χ4n) is 4.08. The van der Waals surface area contributed by atoms with Crippen molar-refractivity contribution in [1.29, 1.82) is 0 Å². The van der Waals surface area contributed by atoms with Gasteiger partial charge in [0.2, 0.25) is 10.0 Å². The number of esters is 1. The molecule has 0 aliphatic carbocycles. The number of alkyl halides is 3. The number of aryl methyl sites for hydroxylation is 1. The molecule has 198 valence electrons. The van der Waals surface area contributed by atoms with Crippen LogP contribution in [0.3, 0.4) is 0 Å². The SMILES string of the molecule is CCOC(=O)c1c(C)oc(-c2ccccc2)c1S(=O)(=O)N1CCN(c2ncc(C(F)(F)F)cc2Cl)CC1. The van der Waals surface area contributed by atoms with Gasteiger partial charge in [0.05, 0.1) is 17.2 Å². The lowest BCUT2D eigenvalue weighted by atomic mass is 10.1. The van der Waals surface area contributed by atoms with Crippen molar-refractivity contribution in [3.8, 4) is 11.3 Å². The van der Waals surface area contributed by atoms with E-state index in [1.165, 1.54) is 11.2 Å². The van der Waals surface area contributed by atoms with Gasteiger partial charge in [0.25, 0.3) is 0 Å². The molecule has 1 fully saturated rings. The number of hydrogen-bond acceptors (Lipinski definition) is 7. The minimum absolute atomic E-state index is 0.0241. The third kappa shape index (κ3) is 5.32. The van der Waals surface area contributed by atoms with E-state index in [1.54, 1.807) is 42.2 Å². The molecule has 1 aliphatic rings. The Balaban J connectivity index is 1.65. The standard InChI is InChI=1S/C24H23ClF3N3O5S/c1-3-35-23(32)19-15(2)36-20(16-7-5-4-6-8-16)21(19)37(33,34)31-11-9-30(10-12-31)22-18(25)13-17(14-29-22)24(26,27)28/h4-8,13-14H,3,9-12H2,1-2H3. The van der Waals surface area contributed by atoms with E-state index in [4.69, 9.17) is 20.8 Å². The second-order valence-corrected chi connectivity index (χ2v) is 10.5. The molecule has 1 aromatic carbocycles. The van der Waals surface area contributed by atoms with Gasteiger partial charge >= 0.3 is 12.1 Å². The Labute approximate surface area is 216 Å². The number of nitrogens with zero attached hydrogens (tertiary/aromatic N) is 3. The molecule has 0 amide bonds. The molecular formula is C24H23ClF3N3O5S. The van der Waals surface area contributed by atoms with E-state index in [0.29, 0.717) is 11.8 Å². The van der Waals surface area contributed by atoms with Crippen LogP contribution < -0.4 is 4.90 Å². The van der Waals surface area contributed by atoms with Crippen LogP contribution >= 0.6 is 11.6 Å². The number of hydrogen-bond donors (Lipinski definition) is 0. The molecule has 0 unspecified atom stereocenters. The van der Waals surface area contributed by atoms with Crippen molar-refractivity contribution in [3.63, 3.8) is 0 Å². The van der Waals surface area contributed by atoms with Crippen molar-refractivity contribution < 1.29 is 35.5 Å². The highest BCUT2D eigenvalue weighted by atomic mass is 35.5. The Hall–Kier alpha value is -3.09. The second kappa shape index (κ2) is 10.3. The molecule has 0 N–H and O–H groups in total. The topological polar surface area (TPSA) is 92.9 Å². The van der Waals surface area contributed by atoms with Gasteiger partial charge in [-0.05, 0) is 19.9 Å². The summed E-state index contributed by atoms with van der Waals surface area (Å²) < 4.78 is 78.7. The number of ether oxygens (including phenoxy) is 1. The summed E-state index contributed by atoms with van der Waals surface area (Å²) >= 11 is 6.07. The van der Waals surface area contributed by atoms with Crippen LogP contribution in [0.15, 0.2) is 51.9 Å². The number of anilines is 1. The molecule has 0 spiro atoms. The molecular weight excluding hydrogens is 535 g/mol. The summed E-state index contributed by atoms with van der Waals surface area (Å²) in [7, 11) is -4.25. The number of halogens is 4. The fourth-order valence-corrected chi connectivity index (χ4v) is 6.14. The van der Waals surface area contributed by atoms with Crippen LogP contribution in [0.1, 0.15) is 28.6 Å². The van der Waals surface area contributed by atoms with E-state index in [0.717, 1.165) is 6.07 Å². The quantitative estimate of drug-likeness (QED) is 0.393. The highest BCUT2D eigenvalue weighted by molar-refractivity contribution is 7.89. The van der Waals surface area contributed by atoms with Gasteiger partial charge in [0.15, 0.2) is 5.76 Å². The molecule has 2 aromatic heterocycles. The van der Waals surface area contributed by atoms with Crippen molar-refractivity contribution in [2.24, 2.45) is 0 Å². The number of furan rings is 1. The van der Waals surface area contributed by atoms with Crippen molar-refractivity contribution in [2.75, 3.05) is 37.7 Å². The van der Waals surface area contributed by atoms with Crippen LogP contribution in [-0.4, -0.2) is 56.5 Å². The summed E-state index contributed by atoms with van der Waals surface area (Å²) in [6, 6.07) is 9.32. The number of benzene rings is 1. The summed E-state index contributed by atoms with van der Waals surface area (Å²) in [5.74, 6) is -0.557. The van der Waals surface area contributed by atoms with Crippen LogP contribution in [0.5, 0.6) is 0 Å². The van der Waals surface area contributed by atoms with Gasteiger partial charge < -0.3 is 14.1 Å². The molecule has 3 aromatic rings. The molecule has 1 aliphatic heterocycles. The smallest absolute Gasteiger partial charge is 0.417 e. The number of carbonyl (C=O) groups excluding carboxylic acids is 1. The van der Waals surface area contributed by atoms with Gasteiger partial charge in [-0.3, -0.25) is 0 Å². The van der Waals surface area contributed by atoms with E-state index < -0.39 is 27.7 Å². The van der Waals surface area contributed by atoms with E-state index in [9.17, 15) is 26.4 Å². The Bertz CT molecular complexity index is 1400. The first kappa shape index (κ1) is 27.0. The van der Waals surface area contributed by atoms with Crippen molar-refractivity contribution in [1.82, 2.24) is 9.29 Å². The average molecular weight is 558 g/mol. The minimum Gasteiger partial charge on any atom is -0.462 e. The molecule has 13 heteroatoms. The Morgan fingerprint density at radius 1 is 1.16 bits per heavy atom. The number of carbonyl (C=O) groups is 1. The largest absolute Gasteiger partial charge is 0.462 e. The van der Waals surface area contributed by atoms with E-state index in [2.05, 4.69) is 4.98 Å². The van der Waals surface area contributed by atoms with Gasteiger partial charge in [0.1, 0.15) is 22.0 Å². The lowest BCUT2D eigenvalue weighted by Gasteiger charge is -2.35. The molecule has 4 rings (SSSR count). The zero-order valence-corrected chi connectivity index (χ0v) is 21.5. The van der Waals surface area contributed by atoms with Crippen molar-refractivity contribution in [3.05, 3.63) is 64.5 Å². The first-order valence-corrected chi connectivity index (χ1v) is 13.1. The predicted octanol–water partition coefficient (Wildman–Crippen LogP) is 5.01. The van der Waals surface area contributed by atoms with Gasteiger partial charge in [-0.25, -0.2) is 18.2 Å². The number of sulfonamides is 1. The highest BCUT2D eigenvalue weighted by Crippen LogP contribution is 2.38. The molecule has 0 radical (unpaired) electrons. The third-order valence-electron chi connectivity index (χ3n) is 5.84. The predicted molar refractivity (Wildman–Crippen MR) is 130 cm³/mol. The first-order valence-electron chi connectivity index (χ1n) is 11.3. The normalized spacial score (nSPS) is 15.1. The molecule has 3 heterocycles. The van der Waals surface area contributed by atoms with Crippen molar-refractivity contribution >= 4 is 33.4 Å². The second-order valence-electron chi connectivity index (χ2n) is 8.20. The number of aromatic nitrogens is 1. The number of rotatable bonds is 6. The molecule has 37 heavy (non-hydrogen) atoms. The lowest BCUT2D eigenvalue weighted by Crippen LogP contribution is -2.49. The van der Waals surface area contributed by atoms with E-state index in [1.807, 2.05) is 0 Å². The van der Waals surface area contributed by atoms with Crippen LogP contribution in [-0.2, 0) is 20.9 Å². The van der Waals surface area contributed by atoms with Gasteiger partial charge in [0, 0.05) is 37.9 Å². The van der Waals surface area contributed by atoms with Crippen molar-refractivity contribution in [2.45, 2.75) is 24.9 Å². The number of piperazine rings is 1. The molecule has 1 saturated heterocycles. The van der Waals surface area contributed by atoms with E-state index in [-0.39, 0.29) is 65.6 Å². The summed E-state index contributed by atoms with van der Waals surface area (Å²) in [6.07, 6.45) is -3.89. The number of pyridine rings is 1. The Morgan fingerprint density at radius 3 is 2.38 bits per heavy atom. The fraction of sp³-hybridized carbons (Fsp3) is 0.333. The van der Waals surface area contributed by atoms with Gasteiger partial charge in [-0.1, -0.05) is 41.9 Å². The van der Waals surface area contributed by atoms with Crippen LogP contribution in [0.4, 0.5) is 19.0 Å². The Kier molecular flexibility index (Phi) is 7.54. The van der Waals surface area contributed by atoms with Gasteiger partial charge in [-0.2, -0.15) is 17.5 Å². The van der Waals surface area contributed by atoms with Crippen LogP contribution in [0, 0.1) is 6.92 Å². The summed E-state index contributed by atoms with van der Waals surface area (Å²) in [5.41, 5.74) is -0.674. The summed E-state index contributed by atoms with van der Waals surface area (Å²) in [4.78, 5) is 17.9. The molecule has 0 atom stereocenters. The maximum absolute atomic E-state index is 13.9. The zero-order chi connectivity index (χ0) is 27.0. The van der Waals surface area contributed by atoms with Crippen LogP contribution in [0.2, 0.25) is 5.02 Å². The highest BCUT2D eigenvalue weighted by Gasteiger charge is 2.39. The maximum atomic E-state index is 13.9. The summed E-state index contributed by atoms with van der Waals surface area (Å²) in [5, 5.41) is -0.187. The molecule has 8 nitrogen and oxygen atoms in total. The summed E-state index contributed by atoms with van der Waals surface area (Å²) in [6.45, 7) is 3.33. The Morgan fingerprint density at radius 2 is 1.81 bits per heavy atom.